The average molecular weight is 243 g/mol. The highest BCUT2D eigenvalue weighted by molar-refractivity contribution is 9.08. The number of rotatable bonds is 3. The van der Waals surface area contributed by atoms with E-state index in [1.165, 1.54) is 6.07 Å². The van der Waals surface area contributed by atoms with Gasteiger partial charge in [-0.05, 0) is 11.6 Å². The zero-order valence-electron chi connectivity index (χ0n) is 7.38. The van der Waals surface area contributed by atoms with E-state index >= 15 is 0 Å². The minimum atomic E-state index is -0.0208. The van der Waals surface area contributed by atoms with Gasteiger partial charge in [-0.3, -0.25) is 4.79 Å². The fourth-order valence-electron chi connectivity index (χ4n) is 1.20. The highest BCUT2D eigenvalue weighted by atomic mass is 79.9. The van der Waals surface area contributed by atoms with Crippen LogP contribution in [0.2, 0.25) is 0 Å². The summed E-state index contributed by atoms with van der Waals surface area (Å²) in [7, 11) is 0. The van der Waals surface area contributed by atoms with Crippen LogP contribution in [0.25, 0.3) is 0 Å². The van der Waals surface area contributed by atoms with Crippen LogP contribution in [0.3, 0.4) is 0 Å². The molecule has 0 spiro atoms. The number of alkyl halides is 1. The zero-order chi connectivity index (χ0) is 9.84. The molecule has 3 heteroatoms. The summed E-state index contributed by atoms with van der Waals surface area (Å²) in [6, 6.07) is 5.10. The summed E-state index contributed by atoms with van der Waals surface area (Å²) < 4.78 is 0. The van der Waals surface area contributed by atoms with Crippen LogP contribution in [0.15, 0.2) is 18.2 Å². The van der Waals surface area contributed by atoms with Gasteiger partial charge in [-0.1, -0.05) is 35.0 Å². The van der Waals surface area contributed by atoms with Crippen molar-refractivity contribution in [2.75, 3.05) is 0 Å². The molecule has 13 heavy (non-hydrogen) atoms. The average Bonchev–Trinajstić information content (AvgIpc) is 2.16. The van der Waals surface area contributed by atoms with E-state index in [9.17, 15) is 9.90 Å². The highest BCUT2D eigenvalue weighted by Gasteiger charge is 2.12. The number of benzene rings is 1. The van der Waals surface area contributed by atoms with E-state index in [0.717, 1.165) is 5.56 Å². The molecule has 1 N–H and O–H groups in total. The molecule has 0 fully saturated rings. The topological polar surface area (TPSA) is 37.3 Å². The molecule has 0 saturated carbocycles. The third-order valence-electron chi connectivity index (χ3n) is 1.87. The summed E-state index contributed by atoms with van der Waals surface area (Å²) in [4.78, 5) is 11.4. The number of hydrogen-bond donors (Lipinski definition) is 1. The van der Waals surface area contributed by atoms with Crippen molar-refractivity contribution in [1.82, 2.24) is 0 Å². The maximum Gasteiger partial charge on any atom is 0.166 e. The maximum absolute atomic E-state index is 11.4. The number of halogens is 1. The van der Waals surface area contributed by atoms with E-state index in [4.69, 9.17) is 0 Å². The predicted octanol–water partition coefficient (Wildman–Crippen LogP) is 2.88. The number of carbonyl (C=O) groups is 1. The van der Waals surface area contributed by atoms with Crippen molar-refractivity contribution in [3.8, 4) is 5.75 Å². The van der Waals surface area contributed by atoms with Crippen molar-refractivity contribution in [3.05, 3.63) is 29.3 Å². The molecule has 1 rings (SSSR count). The Morgan fingerprint density at radius 2 is 2.23 bits per heavy atom. The first-order valence-electron chi connectivity index (χ1n) is 4.10. The van der Waals surface area contributed by atoms with Gasteiger partial charge in [-0.2, -0.15) is 0 Å². The molecular formula is C10H11BrO2. The van der Waals surface area contributed by atoms with Crippen LogP contribution in [0.4, 0.5) is 0 Å². The van der Waals surface area contributed by atoms with Gasteiger partial charge in [-0.15, -0.1) is 0 Å². The predicted molar refractivity (Wildman–Crippen MR) is 55.4 cm³/mol. The number of Topliss-reactive ketones (excluding diaryl/α,β-unsaturated/α-hetero) is 1. The van der Waals surface area contributed by atoms with Crippen molar-refractivity contribution < 1.29 is 9.90 Å². The molecule has 0 aromatic heterocycles. The lowest BCUT2D eigenvalue weighted by Crippen LogP contribution is -2.01. The largest absolute Gasteiger partial charge is 0.507 e. The molecule has 0 unspecified atom stereocenters. The smallest absolute Gasteiger partial charge is 0.166 e. The van der Waals surface area contributed by atoms with Crippen LogP contribution in [0.5, 0.6) is 5.75 Å². The minimum absolute atomic E-state index is 0.0208. The highest BCUT2D eigenvalue weighted by Crippen LogP contribution is 2.24. The molecule has 0 bridgehead atoms. The molecule has 0 aliphatic rings. The summed E-state index contributed by atoms with van der Waals surface area (Å²) in [6.07, 6.45) is 0.414. The molecule has 0 saturated heterocycles. The Morgan fingerprint density at radius 1 is 1.54 bits per heavy atom. The van der Waals surface area contributed by atoms with Gasteiger partial charge in [-0.25, -0.2) is 0 Å². The summed E-state index contributed by atoms with van der Waals surface area (Å²) in [5, 5.41) is 10.1. The van der Waals surface area contributed by atoms with Gasteiger partial charge in [0.25, 0.3) is 0 Å². The second kappa shape index (κ2) is 4.42. The molecule has 70 valence electrons. The lowest BCUT2D eigenvalue weighted by molar-refractivity contribution is 0.0985. The van der Waals surface area contributed by atoms with Gasteiger partial charge in [0.1, 0.15) is 5.75 Å². The monoisotopic (exact) mass is 242 g/mol. The van der Waals surface area contributed by atoms with Crippen molar-refractivity contribution in [2.24, 2.45) is 0 Å². The molecule has 0 aliphatic heterocycles. The molecule has 0 aliphatic carbocycles. The van der Waals surface area contributed by atoms with Gasteiger partial charge in [0.15, 0.2) is 5.78 Å². The van der Waals surface area contributed by atoms with Crippen LogP contribution >= 0.6 is 15.9 Å². The van der Waals surface area contributed by atoms with E-state index in [1.54, 1.807) is 13.0 Å². The zero-order valence-corrected chi connectivity index (χ0v) is 8.97. The van der Waals surface area contributed by atoms with Crippen LogP contribution < -0.4 is 0 Å². The number of aromatic hydroxyl groups is 1. The molecule has 2 nitrogen and oxygen atoms in total. The fourth-order valence-corrected chi connectivity index (χ4v) is 1.66. The lowest BCUT2D eigenvalue weighted by atomic mass is 10.0. The number of carbonyl (C=O) groups excluding carboxylic acids is 1. The second-order valence-corrected chi connectivity index (χ2v) is 3.28. The van der Waals surface area contributed by atoms with E-state index < -0.39 is 0 Å². The number of ketones is 1. The van der Waals surface area contributed by atoms with Crippen LogP contribution in [0, 0.1) is 0 Å². The van der Waals surface area contributed by atoms with Crippen molar-refractivity contribution in [3.63, 3.8) is 0 Å². The van der Waals surface area contributed by atoms with E-state index in [0.29, 0.717) is 17.3 Å². The third kappa shape index (κ3) is 2.10. The molecular weight excluding hydrogens is 232 g/mol. The Hall–Kier alpha value is -0.830. The maximum atomic E-state index is 11.4. The normalized spacial score (nSPS) is 10.0. The summed E-state index contributed by atoms with van der Waals surface area (Å²) in [6.45, 7) is 1.78. The Bertz CT molecular complexity index is 321. The van der Waals surface area contributed by atoms with Crippen molar-refractivity contribution in [1.29, 1.82) is 0 Å². The molecule has 0 heterocycles. The summed E-state index contributed by atoms with van der Waals surface area (Å²) in [5.74, 6) is 0.0522. The Labute approximate surface area is 85.7 Å². The summed E-state index contributed by atoms with van der Waals surface area (Å²) in [5.41, 5.74) is 1.29. The van der Waals surface area contributed by atoms with E-state index in [1.807, 2.05) is 6.07 Å². The molecule has 1 aromatic rings. The van der Waals surface area contributed by atoms with E-state index in [-0.39, 0.29) is 11.5 Å². The lowest BCUT2D eigenvalue weighted by Gasteiger charge is -2.06. The third-order valence-corrected chi connectivity index (χ3v) is 2.48. The first-order valence-corrected chi connectivity index (χ1v) is 5.22. The van der Waals surface area contributed by atoms with Gasteiger partial charge in [0.05, 0.1) is 5.56 Å². The van der Waals surface area contributed by atoms with Gasteiger partial charge in [0.2, 0.25) is 0 Å². The number of phenolic OH excluding ortho intramolecular Hbond substituents is 1. The molecule has 0 atom stereocenters. The summed E-state index contributed by atoms with van der Waals surface area (Å²) >= 11 is 3.28. The quantitative estimate of drug-likeness (QED) is 0.654. The van der Waals surface area contributed by atoms with Crippen LogP contribution in [0.1, 0.15) is 29.3 Å². The minimum Gasteiger partial charge on any atom is -0.507 e. The first-order chi connectivity index (χ1) is 6.20. The Kier molecular flexibility index (Phi) is 3.48. The molecule has 0 radical (unpaired) electrons. The van der Waals surface area contributed by atoms with Crippen molar-refractivity contribution in [2.45, 2.75) is 18.7 Å². The SMILES string of the molecule is CCC(=O)c1c(O)cccc1CBr. The van der Waals surface area contributed by atoms with E-state index in [2.05, 4.69) is 15.9 Å². The van der Waals surface area contributed by atoms with Gasteiger partial charge >= 0.3 is 0 Å². The Balaban J connectivity index is 3.22. The Morgan fingerprint density at radius 3 is 2.77 bits per heavy atom. The molecule has 1 aromatic carbocycles. The van der Waals surface area contributed by atoms with Gasteiger partial charge in [0, 0.05) is 11.8 Å². The first kappa shape index (κ1) is 10.3. The number of phenols is 1. The van der Waals surface area contributed by atoms with Crippen molar-refractivity contribution >= 4 is 21.7 Å². The second-order valence-electron chi connectivity index (χ2n) is 2.72. The standard InChI is InChI=1S/C10H11BrO2/c1-2-8(12)10-7(6-11)4-3-5-9(10)13/h3-5,13H,2,6H2,1H3. The number of hydrogen-bond acceptors (Lipinski definition) is 2. The van der Waals surface area contributed by atoms with Crippen LogP contribution in [-0.4, -0.2) is 10.9 Å². The van der Waals surface area contributed by atoms with Crippen LogP contribution in [-0.2, 0) is 5.33 Å². The fraction of sp³-hybridized carbons (Fsp3) is 0.300. The molecule has 0 amide bonds. The van der Waals surface area contributed by atoms with Gasteiger partial charge < -0.3 is 5.11 Å².